The number of fused-ring (bicyclic) bond motifs is 1. The van der Waals surface area contributed by atoms with E-state index in [-0.39, 0.29) is 0 Å². The van der Waals surface area contributed by atoms with E-state index in [2.05, 4.69) is 9.88 Å². The maximum absolute atomic E-state index is 5.96. The van der Waals surface area contributed by atoms with Gasteiger partial charge in [0, 0.05) is 31.0 Å². The molecule has 1 atom stereocenters. The summed E-state index contributed by atoms with van der Waals surface area (Å²) < 4.78 is 0. The minimum atomic E-state index is 0.298. The Morgan fingerprint density at radius 3 is 2.88 bits per heavy atom. The van der Waals surface area contributed by atoms with Crippen molar-refractivity contribution in [3.63, 3.8) is 0 Å². The van der Waals surface area contributed by atoms with Gasteiger partial charge < -0.3 is 10.6 Å². The fourth-order valence-electron chi connectivity index (χ4n) is 2.77. The summed E-state index contributed by atoms with van der Waals surface area (Å²) in [6.45, 7) is 2.22. The minimum Gasteiger partial charge on any atom is -0.341 e. The van der Waals surface area contributed by atoms with Crippen LogP contribution in [0.3, 0.4) is 0 Å². The van der Waals surface area contributed by atoms with E-state index in [9.17, 15) is 0 Å². The Kier molecular flexibility index (Phi) is 2.97. The Morgan fingerprint density at radius 2 is 2.06 bits per heavy atom. The molecule has 1 aromatic rings. The summed E-state index contributed by atoms with van der Waals surface area (Å²) in [5.41, 5.74) is 8.44. The maximum atomic E-state index is 5.96. The van der Waals surface area contributed by atoms with Gasteiger partial charge in [-0.25, -0.2) is 9.97 Å². The third-order valence-electron chi connectivity index (χ3n) is 3.81. The second-order valence-corrected chi connectivity index (χ2v) is 5.19. The number of piperidine rings is 1. The van der Waals surface area contributed by atoms with Crippen LogP contribution in [0, 0.1) is 0 Å². The molecule has 4 nitrogen and oxygen atoms in total. The highest BCUT2D eigenvalue weighted by atomic mass is 15.2. The van der Waals surface area contributed by atoms with Gasteiger partial charge in [0.05, 0.1) is 0 Å². The van der Waals surface area contributed by atoms with Crippen LogP contribution in [0.1, 0.15) is 36.9 Å². The first-order valence-corrected chi connectivity index (χ1v) is 6.68. The van der Waals surface area contributed by atoms with Crippen LogP contribution in [0.2, 0.25) is 0 Å². The lowest BCUT2D eigenvalue weighted by atomic mass is 9.94. The van der Waals surface area contributed by atoms with E-state index in [1.807, 2.05) is 6.20 Å². The topological polar surface area (TPSA) is 55.0 Å². The van der Waals surface area contributed by atoms with Crippen LogP contribution in [-0.4, -0.2) is 29.1 Å². The van der Waals surface area contributed by atoms with Crippen molar-refractivity contribution in [2.24, 2.45) is 5.73 Å². The van der Waals surface area contributed by atoms with Gasteiger partial charge in [0.25, 0.3) is 0 Å². The number of rotatable bonds is 1. The van der Waals surface area contributed by atoms with Gasteiger partial charge in [0.15, 0.2) is 0 Å². The molecule has 0 radical (unpaired) electrons. The average molecular weight is 232 g/mol. The van der Waals surface area contributed by atoms with Gasteiger partial charge >= 0.3 is 0 Å². The van der Waals surface area contributed by atoms with Crippen LogP contribution in [0.5, 0.6) is 0 Å². The minimum absolute atomic E-state index is 0.298. The molecule has 2 aliphatic rings. The van der Waals surface area contributed by atoms with Gasteiger partial charge in [-0.15, -0.1) is 0 Å². The zero-order valence-electron chi connectivity index (χ0n) is 10.2. The third-order valence-corrected chi connectivity index (χ3v) is 3.81. The third kappa shape index (κ3) is 2.27. The van der Waals surface area contributed by atoms with Crippen LogP contribution in [0.15, 0.2) is 6.20 Å². The largest absolute Gasteiger partial charge is 0.341 e. The zero-order chi connectivity index (χ0) is 11.7. The van der Waals surface area contributed by atoms with Crippen molar-refractivity contribution < 1.29 is 0 Å². The summed E-state index contributed by atoms with van der Waals surface area (Å²) in [5.74, 6) is 0.930. The summed E-state index contributed by atoms with van der Waals surface area (Å²) in [7, 11) is 0. The van der Waals surface area contributed by atoms with Crippen molar-refractivity contribution in [2.45, 2.75) is 44.6 Å². The van der Waals surface area contributed by atoms with Crippen molar-refractivity contribution in [1.29, 1.82) is 0 Å². The predicted octanol–water partition coefficient (Wildman–Crippen LogP) is 1.28. The number of aromatic nitrogens is 2. The van der Waals surface area contributed by atoms with Crippen LogP contribution < -0.4 is 10.6 Å². The fraction of sp³-hybridized carbons (Fsp3) is 0.692. The lowest BCUT2D eigenvalue weighted by molar-refractivity contribution is 0.549. The second-order valence-electron chi connectivity index (χ2n) is 5.19. The van der Waals surface area contributed by atoms with Gasteiger partial charge in [0.2, 0.25) is 5.95 Å². The van der Waals surface area contributed by atoms with Crippen LogP contribution in [-0.2, 0) is 12.8 Å². The molecule has 0 spiro atoms. The molecule has 1 aliphatic carbocycles. The van der Waals surface area contributed by atoms with Crippen LogP contribution in [0.4, 0.5) is 5.95 Å². The van der Waals surface area contributed by atoms with Crippen molar-refractivity contribution in [1.82, 2.24) is 9.97 Å². The molecule has 1 saturated heterocycles. The highest BCUT2D eigenvalue weighted by Gasteiger charge is 2.20. The van der Waals surface area contributed by atoms with Crippen molar-refractivity contribution in [3.8, 4) is 0 Å². The molecule has 1 aliphatic heterocycles. The number of hydrogen-bond acceptors (Lipinski definition) is 4. The molecule has 17 heavy (non-hydrogen) atoms. The lowest BCUT2D eigenvalue weighted by Crippen LogP contribution is -2.33. The first-order chi connectivity index (χ1) is 8.33. The normalized spacial score (nSPS) is 24.5. The van der Waals surface area contributed by atoms with E-state index in [1.165, 1.54) is 30.5 Å². The SMILES string of the molecule is N[C@H]1CCc2nc(N3CCCCC3)ncc2C1. The molecule has 2 heterocycles. The first kappa shape index (κ1) is 11.0. The summed E-state index contributed by atoms with van der Waals surface area (Å²) >= 11 is 0. The first-order valence-electron chi connectivity index (χ1n) is 6.68. The van der Waals surface area contributed by atoms with Gasteiger partial charge in [-0.1, -0.05) is 0 Å². The Labute approximate surface area is 102 Å². The van der Waals surface area contributed by atoms with Crippen molar-refractivity contribution in [2.75, 3.05) is 18.0 Å². The molecule has 1 aromatic heterocycles. The molecular formula is C13H20N4. The number of aryl methyl sites for hydroxylation is 1. The number of nitrogens with zero attached hydrogens (tertiary/aromatic N) is 3. The Bertz CT molecular complexity index is 398. The average Bonchev–Trinajstić information content (AvgIpc) is 2.39. The summed E-state index contributed by atoms with van der Waals surface area (Å²) in [4.78, 5) is 11.6. The standard InChI is InChI=1S/C13H20N4/c14-11-4-5-12-10(8-11)9-15-13(16-12)17-6-2-1-3-7-17/h9,11H,1-8,14H2/t11-/m0/s1. The predicted molar refractivity (Wildman–Crippen MR) is 68.1 cm³/mol. The fourth-order valence-corrected chi connectivity index (χ4v) is 2.77. The molecule has 0 amide bonds. The van der Waals surface area contributed by atoms with Crippen molar-refractivity contribution >= 4 is 5.95 Å². The van der Waals surface area contributed by atoms with E-state index in [4.69, 9.17) is 10.7 Å². The molecule has 0 saturated carbocycles. The summed E-state index contributed by atoms with van der Waals surface area (Å²) in [6.07, 6.45) is 8.89. The molecule has 0 bridgehead atoms. The lowest BCUT2D eigenvalue weighted by Gasteiger charge is -2.28. The van der Waals surface area contributed by atoms with E-state index >= 15 is 0 Å². The molecule has 1 fully saturated rings. The number of nitrogens with two attached hydrogens (primary N) is 1. The Balaban J connectivity index is 1.82. The van der Waals surface area contributed by atoms with Crippen molar-refractivity contribution in [3.05, 3.63) is 17.5 Å². The van der Waals surface area contributed by atoms with Gasteiger partial charge in [-0.3, -0.25) is 0 Å². The zero-order valence-corrected chi connectivity index (χ0v) is 10.2. The van der Waals surface area contributed by atoms with Gasteiger partial charge in [-0.2, -0.15) is 0 Å². The molecule has 4 heteroatoms. The Hall–Kier alpha value is -1.16. The number of anilines is 1. The summed E-state index contributed by atoms with van der Waals surface area (Å²) in [5, 5.41) is 0. The number of hydrogen-bond donors (Lipinski definition) is 1. The molecule has 92 valence electrons. The smallest absolute Gasteiger partial charge is 0.225 e. The van der Waals surface area contributed by atoms with E-state index in [0.717, 1.165) is 38.3 Å². The van der Waals surface area contributed by atoms with E-state index in [0.29, 0.717) is 6.04 Å². The maximum Gasteiger partial charge on any atom is 0.225 e. The molecular weight excluding hydrogens is 212 g/mol. The van der Waals surface area contributed by atoms with E-state index < -0.39 is 0 Å². The Morgan fingerprint density at radius 1 is 1.24 bits per heavy atom. The van der Waals surface area contributed by atoms with Crippen LogP contribution in [0.25, 0.3) is 0 Å². The monoisotopic (exact) mass is 232 g/mol. The summed E-state index contributed by atoms with van der Waals surface area (Å²) in [6, 6.07) is 0.298. The second kappa shape index (κ2) is 4.61. The van der Waals surface area contributed by atoms with E-state index in [1.54, 1.807) is 0 Å². The molecule has 3 rings (SSSR count). The van der Waals surface area contributed by atoms with Crippen LogP contribution >= 0.6 is 0 Å². The highest BCUT2D eigenvalue weighted by molar-refractivity contribution is 5.35. The quantitative estimate of drug-likeness (QED) is 0.792. The van der Waals surface area contributed by atoms with Gasteiger partial charge in [0.1, 0.15) is 0 Å². The molecule has 2 N–H and O–H groups in total. The van der Waals surface area contributed by atoms with Gasteiger partial charge in [-0.05, 0) is 44.1 Å². The highest BCUT2D eigenvalue weighted by Crippen LogP contribution is 2.22. The molecule has 0 unspecified atom stereocenters. The molecule has 0 aromatic carbocycles.